The fraction of sp³-hybridized carbons (Fsp3) is 0.462. The Bertz CT molecular complexity index is 431. The van der Waals surface area contributed by atoms with E-state index in [0.717, 1.165) is 10.2 Å². The van der Waals surface area contributed by atoms with E-state index >= 15 is 0 Å². The molecule has 0 aliphatic carbocycles. The Morgan fingerprint density at radius 1 is 1.58 bits per heavy atom. The molecule has 6 heteroatoms. The van der Waals surface area contributed by atoms with Gasteiger partial charge in [0.15, 0.2) is 0 Å². The van der Waals surface area contributed by atoms with Crippen LogP contribution in [0.1, 0.15) is 12.0 Å². The summed E-state index contributed by atoms with van der Waals surface area (Å²) in [6.45, 7) is 0.388. The summed E-state index contributed by atoms with van der Waals surface area (Å²) < 4.78 is 14.3. The Labute approximate surface area is 125 Å². The largest absolute Gasteiger partial charge is 0.354 e. The van der Waals surface area contributed by atoms with Crippen molar-refractivity contribution in [3.8, 4) is 0 Å². The van der Waals surface area contributed by atoms with Crippen molar-refractivity contribution in [1.29, 1.82) is 0 Å². The van der Waals surface area contributed by atoms with E-state index < -0.39 is 6.04 Å². The lowest BCUT2D eigenvalue weighted by molar-refractivity contribution is -0.122. The van der Waals surface area contributed by atoms with Gasteiger partial charge in [0.1, 0.15) is 5.82 Å². The standard InChI is InChI=1S/C13H18BrFN2OS/c1-19-7-5-12(16)13(18)17-6-4-9-8-10(14)2-3-11(9)15/h2-3,8,12H,4-7,16H2,1H3,(H,17,18)/t12-/m0/s1. The van der Waals surface area contributed by atoms with Gasteiger partial charge in [-0.1, -0.05) is 15.9 Å². The second-order valence-electron chi connectivity index (χ2n) is 4.16. The first kappa shape index (κ1) is 16.5. The van der Waals surface area contributed by atoms with Crippen molar-refractivity contribution in [1.82, 2.24) is 5.32 Å². The van der Waals surface area contributed by atoms with Gasteiger partial charge in [-0.25, -0.2) is 4.39 Å². The number of hydrogen-bond acceptors (Lipinski definition) is 3. The smallest absolute Gasteiger partial charge is 0.236 e. The molecular formula is C13H18BrFN2OS. The van der Waals surface area contributed by atoms with Crippen molar-refractivity contribution in [2.75, 3.05) is 18.6 Å². The summed E-state index contributed by atoms with van der Waals surface area (Å²) >= 11 is 4.95. The Kier molecular flexibility index (Phi) is 7.41. The minimum atomic E-state index is -0.486. The minimum Gasteiger partial charge on any atom is -0.354 e. The number of nitrogens with two attached hydrogens (primary N) is 1. The Hall–Kier alpha value is -0.590. The number of nitrogens with one attached hydrogen (secondary N) is 1. The number of halogens is 2. The van der Waals surface area contributed by atoms with E-state index in [4.69, 9.17) is 5.73 Å². The van der Waals surface area contributed by atoms with Crippen LogP contribution in [0.2, 0.25) is 0 Å². The molecule has 0 unspecified atom stereocenters. The third-order valence-electron chi connectivity index (χ3n) is 2.67. The zero-order valence-electron chi connectivity index (χ0n) is 10.8. The summed E-state index contributed by atoms with van der Waals surface area (Å²) in [6, 6.07) is 4.29. The van der Waals surface area contributed by atoms with Gasteiger partial charge in [0.25, 0.3) is 0 Å². The first-order valence-electron chi connectivity index (χ1n) is 6.00. The van der Waals surface area contributed by atoms with E-state index in [9.17, 15) is 9.18 Å². The number of carbonyl (C=O) groups is 1. The molecule has 3 N–H and O–H groups in total. The zero-order valence-corrected chi connectivity index (χ0v) is 13.2. The molecular weight excluding hydrogens is 331 g/mol. The van der Waals surface area contributed by atoms with Gasteiger partial charge in [-0.3, -0.25) is 4.79 Å². The Morgan fingerprint density at radius 2 is 2.32 bits per heavy atom. The fourth-order valence-electron chi connectivity index (χ4n) is 1.56. The van der Waals surface area contributed by atoms with Crippen LogP contribution in [0.3, 0.4) is 0 Å². The molecule has 0 saturated carbocycles. The molecule has 0 aliphatic heterocycles. The third-order valence-corrected chi connectivity index (χ3v) is 3.81. The maximum atomic E-state index is 13.5. The first-order chi connectivity index (χ1) is 9.04. The van der Waals surface area contributed by atoms with E-state index in [1.165, 1.54) is 6.07 Å². The van der Waals surface area contributed by atoms with E-state index in [2.05, 4.69) is 21.2 Å². The van der Waals surface area contributed by atoms with Gasteiger partial charge < -0.3 is 11.1 Å². The highest BCUT2D eigenvalue weighted by molar-refractivity contribution is 9.10. The molecule has 0 heterocycles. The van der Waals surface area contributed by atoms with E-state index in [0.29, 0.717) is 24.9 Å². The van der Waals surface area contributed by atoms with Crippen LogP contribution in [0.15, 0.2) is 22.7 Å². The quantitative estimate of drug-likeness (QED) is 0.794. The molecule has 0 radical (unpaired) electrons. The molecule has 19 heavy (non-hydrogen) atoms. The molecule has 3 nitrogen and oxygen atoms in total. The first-order valence-corrected chi connectivity index (χ1v) is 8.19. The normalized spacial score (nSPS) is 12.2. The number of amides is 1. The monoisotopic (exact) mass is 348 g/mol. The number of benzene rings is 1. The second kappa shape index (κ2) is 8.55. The molecule has 0 bridgehead atoms. The van der Waals surface area contributed by atoms with Gasteiger partial charge in [-0.15, -0.1) is 0 Å². The molecule has 0 aliphatic rings. The third kappa shape index (κ3) is 5.93. The van der Waals surface area contributed by atoms with E-state index in [1.54, 1.807) is 23.9 Å². The van der Waals surface area contributed by atoms with Crippen molar-refractivity contribution in [2.24, 2.45) is 5.73 Å². The van der Waals surface area contributed by atoms with Crippen molar-refractivity contribution < 1.29 is 9.18 Å². The maximum Gasteiger partial charge on any atom is 0.236 e. The van der Waals surface area contributed by atoms with Crippen molar-refractivity contribution in [3.05, 3.63) is 34.1 Å². The number of rotatable bonds is 7. The number of thioether (sulfide) groups is 1. The highest BCUT2D eigenvalue weighted by Crippen LogP contribution is 2.15. The molecule has 1 atom stereocenters. The molecule has 0 saturated heterocycles. The van der Waals surface area contributed by atoms with Crippen LogP contribution in [0.5, 0.6) is 0 Å². The van der Waals surface area contributed by atoms with Gasteiger partial charge in [0, 0.05) is 11.0 Å². The molecule has 0 aromatic heterocycles. The van der Waals surface area contributed by atoms with Gasteiger partial charge in [-0.2, -0.15) is 11.8 Å². The molecule has 106 valence electrons. The molecule has 0 fully saturated rings. The average molecular weight is 349 g/mol. The summed E-state index contributed by atoms with van der Waals surface area (Å²) in [5.41, 5.74) is 6.31. The van der Waals surface area contributed by atoms with Gasteiger partial charge >= 0.3 is 0 Å². The van der Waals surface area contributed by atoms with Crippen LogP contribution in [0, 0.1) is 5.82 Å². The van der Waals surface area contributed by atoms with E-state index in [-0.39, 0.29) is 11.7 Å². The molecule has 1 aromatic carbocycles. The summed E-state index contributed by atoms with van der Waals surface area (Å²) in [5.74, 6) is 0.420. The van der Waals surface area contributed by atoms with Crippen molar-refractivity contribution in [2.45, 2.75) is 18.9 Å². The van der Waals surface area contributed by atoms with Crippen LogP contribution >= 0.6 is 27.7 Å². The molecule has 1 rings (SSSR count). The molecule has 1 amide bonds. The summed E-state index contributed by atoms with van der Waals surface area (Å²) in [5, 5.41) is 2.73. The van der Waals surface area contributed by atoms with Gasteiger partial charge in [0.05, 0.1) is 6.04 Å². The minimum absolute atomic E-state index is 0.176. The lowest BCUT2D eigenvalue weighted by Gasteiger charge is -2.11. The van der Waals surface area contributed by atoms with E-state index in [1.807, 2.05) is 6.26 Å². The van der Waals surface area contributed by atoms with Crippen molar-refractivity contribution >= 4 is 33.6 Å². The summed E-state index contributed by atoms with van der Waals surface area (Å²) in [4.78, 5) is 11.6. The highest BCUT2D eigenvalue weighted by Gasteiger charge is 2.12. The SMILES string of the molecule is CSCC[C@H](N)C(=O)NCCc1cc(Br)ccc1F. The number of hydrogen-bond donors (Lipinski definition) is 2. The van der Waals surface area contributed by atoms with Gasteiger partial charge in [0.2, 0.25) is 5.91 Å². The van der Waals surface area contributed by atoms with Crippen LogP contribution < -0.4 is 11.1 Å². The maximum absolute atomic E-state index is 13.5. The second-order valence-corrected chi connectivity index (χ2v) is 6.07. The predicted molar refractivity (Wildman–Crippen MR) is 81.8 cm³/mol. The Morgan fingerprint density at radius 3 is 3.00 bits per heavy atom. The highest BCUT2D eigenvalue weighted by atomic mass is 79.9. The van der Waals surface area contributed by atoms with Crippen LogP contribution in [0.25, 0.3) is 0 Å². The average Bonchev–Trinajstić information content (AvgIpc) is 2.39. The lowest BCUT2D eigenvalue weighted by atomic mass is 10.1. The molecule has 0 spiro atoms. The van der Waals surface area contributed by atoms with Crippen molar-refractivity contribution in [3.63, 3.8) is 0 Å². The lowest BCUT2D eigenvalue weighted by Crippen LogP contribution is -2.41. The topological polar surface area (TPSA) is 55.1 Å². The predicted octanol–water partition coefficient (Wildman–Crippen LogP) is 2.33. The fourth-order valence-corrected chi connectivity index (χ4v) is 2.46. The Balaban J connectivity index is 2.37. The van der Waals surface area contributed by atoms with Crippen LogP contribution in [-0.4, -0.2) is 30.5 Å². The van der Waals surface area contributed by atoms with Crippen LogP contribution in [-0.2, 0) is 11.2 Å². The number of carbonyl (C=O) groups excluding carboxylic acids is 1. The summed E-state index contributed by atoms with van der Waals surface area (Å²) in [7, 11) is 0. The van der Waals surface area contributed by atoms with Gasteiger partial charge in [-0.05, 0) is 48.6 Å². The zero-order chi connectivity index (χ0) is 14.3. The summed E-state index contributed by atoms with van der Waals surface area (Å²) in [6.07, 6.45) is 3.07. The van der Waals surface area contributed by atoms with Crippen LogP contribution in [0.4, 0.5) is 4.39 Å². The molecule has 1 aromatic rings.